The number of hydrogen-bond donors (Lipinski definition) is 1. The van der Waals surface area contributed by atoms with Crippen molar-refractivity contribution in [2.75, 3.05) is 0 Å². The van der Waals surface area contributed by atoms with Crippen molar-refractivity contribution in [3.05, 3.63) is 59.6 Å². The Morgan fingerprint density at radius 2 is 2.08 bits per heavy atom. The Morgan fingerprint density at radius 1 is 1.38 bits per heavy atom. The van der Waals surface area contributed by atoms with Crippen molar-refractivity contribution < 1.29 is 0 Å². The Kier molecular flexibility index (Phi) is 3.74. The zero-order valence-electron chi connectivity index (χ0n) is 7.35. The van der Waals surface area contributed by atoms with Crippen LogP contribution >= 0.6 is 0 Å². The van der Waals surface area contributed by atoms with E-state index in [9.17, 15) is 0 Å². The van der Waals surface area contributed by atoms with E-state index < -0.39 is 0 Å². The highest BCUT2D eigenvalue weighted by Gasteiger charge is 1.97. The number of rotatable bonds is 3. The van der Waals surface area contributed by atoms with Gasteiger partial charge in [-0.05, 0) is 12.0 Å². The van der Waals surface area contributed by atoms with Gasteiger partial charge < -0.3 is 5.73 Å². The third kappa shape index (κ3) is 3.55. The summed E-state index contributed by atoms with van der Waals surface area (Å²) in [6, 6.07) is 9.96. The smallest absolute Gasteiger partial charge is 0.151 e. The first-order valence-electron chi connectivity index (χ1n) is 4.15. The van der Waals surface area contributed by atoms with Gasteiger partial charge in [0.15, 0.2) is 6.20 Å². The monoisotopic (exact) mass is 172 g/mol. The second-order valence-corrected chi connectivity index (χ2v) is 2.82. The summed E-state index contributed by atoms with van der Waals surface area (Å²) in [6.45, 7) is 6.56. The zero-order chi connectivity index (χ0) is 9.52. The Labute approximate surface area is 78.5 Å². The topological polar surface area (TPSA) is 30.4 Å². The van der Waals surface area contributed by atoms with E-state index >= 15 is 0 Å². The number of hydrogen-bond acceptors (Lipinski definition) is 1. The van der Waals surface area contributed by atoms with Crippen LogP contribution in [0.5, 0.6) is 0 Å². The van der Waals surface area contributed by atoms with E-state index in [0.717, 1.165) is 6.42 Å². The Hall–Kier alpha value is -1.59. The molecule has 0 bridgehead atoms. The molecule has 0 radical (unpaired) electrons. The maximum absolute atomic E-state index is 6.56. The van der Waals surface area contributed by atoms with Crippen LogP contribution in [0.25, 0.3) is 4.85 Å². The molecule has 2 nitrogen and oxygen atoms in total. The molecule has 2 N–H and O–H groups in total. The van der Waals surface area contributed by atoms with Crippen LogP contribution in [0.4, 0.5) is 0 Å². The lowest BCUT2D eigenvalue weighted by Crippen LogP contribution is -2.19. The lowest BCUT2D eigenvalue weighted by Gasteiger charge is -2.05. The van der Waals surface area contributed by atoms with Gasteiger partial charge in [0.2, 0.25) is 0 Å². The van der Waals surface area contributed by atoms with Crippen LogP contribution in [-0.2, 0) is 6.42 Å². The van der Waals surface area contributed by atoms with Crippen molar-refractivity contribution in [1.29, 1.82) is 0 Å². The first-order valence-corrected chi connectivity index (χ1v) is 4.15. The van der Waals surface area contributed by atoms with Gasteiger partial charge in [0.05, 0.1) is 6.57 Å². The van der Waals surface area contributed by atoms with Crippen molar-refractivity contribution in [3.63, 3.8) is 0 Å². The molecule has 1 rings (SSSR count). The van der Waals surface area contributed by atoms with E-state index in [0.29, 0.717) is 0 Å². The van der Waals surface area contributed by atoms with Gasteiger partial charge in [-0.3, -0.25) is 0 Å². The van der Waals surface area contributed by atoms with E-state index in [1.807, 2.05) is 30.3 Å². The minimum Gasteiger partial charge on any atom is -0.325 e. The third-order valence-corrected chi connectivity index (χ3v) is 1.72. The fraction of sp³-hybridized carbons (Fsp3) is 0.182. The molecule has 0 aliphatic carbocycles. The standard InChI is InChI=1S/C11H12N2/c1-13-8-7-11(12)9-10-5-3-2-4-6-10/h2-8,11H,9,12H2/b8-7+/t11-/m0/s1. The molecule has 0 saturated heterocycles. The first kappa shape index (κ1) is 9.50. The van der Waals surface area contributed by atoms with Crippen LogP contribution in [0.3, 0.4) is 0 Å². The molecule has 0 amide bonds. The lowest BCUT2D eigenvalue weighted by molar-refractivity contribution is 0.810. The highest BCUT2D eigenvalue weighted by Crippen LogP contribution is 2.02. The summed E-state index contributed by atoms with van der Waals surface area (Å²) in [5, 5.41) is 0. The summed E-state index contributed by atoms with van der Waals surface area (Å²) in [6.07, 6.45) is 3.92. The minimum absolute atomic E-state index is 0.0588. The molecule has 0 aliphatic rings. The van der Waals surface area contributed by atoms with Crippen molar-refractivity contribution in [1.82, 2.24) is 0 Å². The molecular weight excluding hydrogens is 160 g/mol. The summed E-state index contributed by atoms with van der Waals surface area (Å²) in [7, 11) is 0. The molecule has 0 fully saturated rings. The summed E-state index contributed by atoms with van der Waals surface area (Å²) in [4.78, 5) is 3.11. The van der Waals surface area contributed by atoms with Gasteiger partial charge in [-0.2, -0.15) is 0 Å². The molecule has 0 aromatic heterocycles. The van der Waals surface area contributed by atoms with Crippen LogP contribution in [0, 0.1) is 6.57 Å². The molecule has 1 atom stereocenters. The van der Waals surface area contributed by atoms with E-state index in [1.165, 1.54) is 11.8 Å². The average Bonchev–Trinajstić information content (AvgIpc) is 2.16. The van der Waals surface area contributed by atoms with E-state index in [1.54, 1.807) is 6.08 Å². The molecule has 0 heterocycles. The highest BCUT2D eigenvalue weighted by molar-refractivity contribution is 5.17. The van der Waals surface area contributed by atoms with Gasteiger partial charge in [0.1, 0.15) is 0 Å². The SMILES string of the molecule is [C-]#[N+]/C=C/[C@H](N)Cc1ccccc1. The number of nitrogens with zero attached hydrogens (tertiary/aromatic N) is 1. The fourth-order valence-electron chi connectivity index (χ4n) is 1.11. The molecular formula is C11H12N2. The Bertz CT molecular complexity index is 309. The average molecular weight is 172 g/mol. The predicted octanol–water partition coefficient (Wildman–Crippen LogP) is 1.99. The first-order chi connectivity index (χ1) is 6.33. The number of benzene rings is 1. The van der Waals surface area contributed by atoms with Gasteiger partial charge in [-0.1, -0.05) is 36.4 Å². The maximum atomic E-state index is 6.56. The Morgan fingerprint density at radius 3 is 2.69 bits per heavy atom. The quantitative estimate of drug-likeness (QED) is 0.694. The van der Waals surface area contributed by atoms with Crippen molar-refractivity contribution in [2.45, 2.75) is 12.5 Å². The molecule has 1 aromatic rings. The third-order valence-electron chi connectivity index (χ3n) is 1.72. The molecule has 66 valence electrons. The summed E-state index contributed by atoms with van der Waals surface area (Å²) >= 11 is 0. The van der Waals surface area contributed by atoms with Gasteiger partial charge in [-0.15, -0.1) is 0 Å². The highest BCUT2D eigenvalue weighted by atomic mass is 14.6. The largest absolute Gasteiger partial charge is 0.325 e. The Balaban J connectivity index is 2.51. The predicted molar refractivity (Wildman–Crippen MR) is 53.9 cm³/mol. The normalized spacial score (nSPS) is 12.6. The number of nitrogens with two attached hydrogens (primary N) is 1. The van der Waals surface area contributed by atoms with Gasteiger partial charge >= 0.3 is 0 Å². The van der Waals surface area contributed by atoms with Crippen molar-refractivity contribution in [3.8, 4) is 0 Å². The van der Waals surface area contributed by atoms with E-state index in [2.05, 4.69) is 4.85 Å². The van der Waals surface area contributed by atoms with Crippen LogP contribution in [0.2, 0.25) is 0 Å². The van der Waals surface area contributed by atoms with Crippen LogP contribution < -0.4 is 5.73 Å². The maximum Gasteiger partial charge on any atom is 0.151 e. The molecule has 0 saturated carbocycles. The molecule has 1 aromatic carbocycles. The van der Waals surface area contributed by atoms with Crippen LogP contribution in [-0.4, -0.2) is 6.04 Å². The fourth-order valence-corrected chi connectivity index (χ4v) is 1.11. The molecule has 0 aliphatic heterocycles. The summed E-state index contributed by atoms with van der Waals surface area (Å²) < 4.78 is 0. The molecule has 0 unspecified atom stereocenters. The van der Waals surface area contributed by atoms with E-state index in [-0.39, 0.29) is 6.04 Å². The van der Waals surface area contributed by atoms with Gasteiger partial charge in [0.25, 0.3) is 0 Å². The van der Waals surface area contributed by atoms with Gasteiger partial charge in [0, 0.05) is 6.04 Å². The summed E-state index contributed by atoms with van der Waals surface area (Å²) in [5.41, 5.74) is 6.96. The van der Waals surface area contributed by atoms with Crippen molar-refractivity contribution >= 4 is 0 Å². The van der Waals surface area contributed by atoms with E-state index in [4.69, 9.17) is 12.3 Å². The minimum atomic E-state index is -0.0588. The second kappa shape index (κ2) is 5.13. The molecule has 2 heteroatoms. The van der Waals surface area contributed by atoms with Gasteiger partial charge in [-0.25, -0.2) is 4.85 Å². The second-order valence-electron chi connectivity index (χ2n) is 2.82. The van der Waals surface area contributed by atoms with Crippen molar-refractivity contribution in [2.24, 2.45) is 5.73 Å². The zero-order valence-corrected chi connectivity index (χ0v) is 7.35. The van der Waals surface area contributed by atoms with Crippen LogP contribution in [0.15, 0.2) is 42.6 Å². The molecule has 0 spiro atoms. The lowest BCUT2D eigenvalue weighted by atomic mass is 10.1. The summed E-state index contributed by atoms with van der Waals surface area (Å²) in [5.74, 6) is 0. The molecule has 13 heavy (non-hydrogen) atoms. The van der Waals surface area contributed by atoms with Crippen LogP contribution in [0.1, 0.15) is 5.56 Å².